The highest BCUT2D eigenvalue weighted by Gasteiger charge is 2.22. The number of hydrogen-bond donors (Lipinski definition) is 1. The Bertz CT molecular complexity index is 576. The Balaban J connectivity index is 1.95. The highest BCUT2D eigenvalue weighted by atomic mass is 19.2. The molecule has 1 aliphatic heterocycles. The third-order valence-corrected chi connectivity index (χ3v) is 3.94. The predicted molar refractivity (Wildman–Crippen MR) is 67.6 cm³/mol. The molecule has 2 heterocycles. The van der Waals surface area contributed by atoms with E-state index < -0.39 is 11.6 Å². The molecule has 0 bridgehead atoms. The maximum Gasteiger partial charge on any atom is 0.160 e. The number of halogens is 2. The zero-order valence-electron chi connectivity index (χ0n) is 10.3. The van der Waals surface area contributed by atoms with Crippen molar-refractivity contribution in [2.75, 3.05) is 13.6 Å². The number of H-pyrrole nitrogens is 1. The van der Waals surface area contributed by atoms with Gasteiger partial charge in [-0.1, -0.05) is 0 Å². The monoisotopic (exact) mass is 250 g/mol. The van der Waals surface area contributed by atoms with Crippen LogP contribution in [-0.2, 0) is 6.42 Å². The molecule has 1 saturated heterocycles. The van der Waals surface area contributed by atoms with E-state index >= 15 is 0 Å². The first-order valence-corrected chi connectivity index (χ1v) is 6.30. The molecule has 1 aromatic carbocycles. The molecule has 96 valence electrons. The van der Waals surface area contributed by atoms with E-state index in [2.05, 4.69) is 16.9 Å². The average Bonchev–Trinajstić information content (AvgIpc) is 2.90. The van der Waals surface area contributed by atoms with Crippen molar-refractivity contribution >= 4 is 10.9 Å². The van der Waals surface area contributed by atoms with Gasteiger partial charge in [0.25, 0.3) is 0 Å². The molecule has 1 aliphatic rings. The summed E-state index contributed by atoms with van der Waals surface area (Å²) in [6.45, 7) is 1.12. The number of fused-ring (bicyclic) bond motifs is 1. The van der Waals surface area contributed by atoms with Gasteiger partial charge in [-0.15, -0.1) is 0 Å². The van der Waals surface area contributed by atoms with Crippen LogP contribution >= 0.6 is 0 Å². The fraction of sp³-hybridized carbons (Fsp3) is 0.429. The molecule has 18 heavy (non-hydrogen) atoms. The topological polar surface area (TPSA) is 19.0 Å². The number of nitrogens with zero attached hydrogens (tertiary/aromatic N) is 1. The molecule has 0 aliphatic carbocycles. The predicted octanol–water partition coefficient (Wildman–Crippen LogP) is 3.08. The molecule has 1 N–H and O–H groups in total. The lowest BCUT2D eigenvalue weighted by Crippen LogP contribution is -2.26. The van der Waals surface area contributed by atoms with Crippen LogP contribution < -0.4 is 0 Å². The summed E-state index contributed by atoms with van der Waals surface area (Å²) in [5.41, 5.74) is 1.74. The van der Waals surface area contributed by atoms with Crippen LogP contribution in [0.5, 0.6) is 0 Å². The van der Waals surface area contributed by atoms with E-state index in [-0.39, 0.29) is 0 Å². The standard InChI is InChI=1S/C14H16F2N2/c1-18-4-2-3-10(18)5-9-8-17-14-7-13(16)12(15)6-11(9)14/h6-8,10,17H,2-5H2,1H3/t10-/m1/s1. The van der Waals surface area contributed by atoms with Crippen molar-refractivity contribution in [1.29, 1.82) is 0 Å². The Kier molecular flexibility index (Phi) is 2.82. The maximum absolute atomic E-state index is 13.3. The van der Waals surface area contributed by atoms with Gasteiger partial charge in [-0.2, -0.15) is 0 Å². The van der Waals surface area contributed by atoms with Crippen molar-refractivity contribution in [3.63, 3.8) is 0 Å². The molecule has 0 unspecified atom stereocenters. The van der Waals surface area contributed by atoms with E-state index in [0.717, 1.165) is 23.9 Å². The Labute approximate surface area is 105 Å². The van der Waals surface area contributed by atoms with Crippen molar-refractivity contribution in [2.45, 2.75) is 25.3 Å². The van der Waals surface area contributed by atoms with Gasteiger partial charge in [0, 0.05) is 29.2 Å². The van der Waals surface area contributed by atoms with Crippen LogP contribution in [0.3, 0.4) is 0 Å². The summed E-state index contributed by atoms with van der Waals surface area (Å²) in [6.07, 6.45) is 5.15. The maximum atomic E-state index is 13.3. The van der Waals surface area contributed by atoms with Crippen LogP contribution in [0.4, 0.5) is 8.78 Å². The quantitative estimate of drug-likeness (QED) is 0.867. The van der Waals surface area contributed by atoms with Crippen LogP contribution in [0.1, 0.15) is 18.4 Å². The van der Waals surface area contributed by atoms with Crippen molar-refractivity contribution in [2.24, 2.45) is 0 Å². The first-order chi connectivity index (χ1) is 8.65. The van der Waals surface area contributed by atoms with E-state index in [1.807, 2.05) is 6.20 Å². The molecule has 4 heteroatoms. The van der Waals surface area contributed by atoms with Crippen molar-refractivity contribution in [3.8, 4) is 0 Å². The Morgan fingerprint density at radius 3 is 2.83 bits per heavy atom. The van der Waals surface area contributed by atoms with Crippen molar-refractivity contribution in [1.82, 2.24) is 9.88 Å². The normalized spacial score (nSPS) is 20.9. The van der Waals surface area contributed by atoms with E-state index in [4.69, 9.17) is 0 Å². The summed E-state index contributed by atoms with van der Waals surface area (Å²) in [5, 5.41) is 0.800. The molecule has 3 rings (SSSR count). The second-order valence-electron chi connectivity index (χ2n) is 5.11. The average molecular weight is 250 g/mol. The zero-order chi connectivity index (χ0) is 12.7. The second kappa shape index (κ2) is 4.35. The number of nitrogens with one attached hydrogen (secondary N) is 1. The molecule has 2 nitrogen and oxygen atoms in total. The van der Waals surface area contributed by atoms with Crippen LogP contribution in [0, 0.1) is 11.6 Å². The highest BCUT2D eigenvalue weighted by Crippen LogP contribution is 2.26. The SMILES string of the molecule is CN1CCC[C@@H]1Cc1c[nH]c2cc(F)c(F)cc12. The molecule has 0 saturated carbocycles. The van der Waals surface area contributed by atoms with Crippen LogP contribution in [0.15, 0.2) is 18.3 Å². The molecular weight excluding hydrogens is 234 g/mol. The van der Waals surface area contributed by atoms with Crippen LogP contribution in [0.25, 0.3) is 10.9 Å². The largest absolute Gasteiger partial charge is 0.361 e. The second-order valence-corrected chi connectivity index (χ2v) is 5.11. The lowest BCUT2D eigenvalue weighted by molar-refractivity contribution is 0.310. The number of likely N-dealkylation sites (N-methyl/N-ethyl adjacent to an activating group) is 1. The molecule has 1 aromatic heterocycles. The third kappa shape index (κ3) is 1.90. The number of aromatic amines is 1. The molecule has 0 spiro atoms. The Morgan fingerprint density at radius 1 is 1.33 bits per heavy atom. The summed E-state index contributed by atoms with van der Waals surface area (Å²) in [4.78, 5) is 5.35. The van der Waals surface area contributed by atoms with Crippen molar-refractivity contribution < 1.29 is 8.78 Å². The van der Waals surface area contributed by atoms with E-state index in [1.54, 1.807) is 0 Å². The molecule has 1 fully saturated rings. The van der Waals surface area contributed by atoms with Gasteiger partial charge >= 0.3 is 0 Å². The van der Waals surface area contributed by atoms with Crippen LogP contribution in [-0.4, -0.2) is 29.5 Å². The zero-order valence-corrected chi connectivity index (χ0v) is 10.3. The number of likely N-dealkylation sites (tertiary alicyclic amines) is 1. The number of benzene rings is 1. The Morgan fingerprint density at radius 2 is 2.11 bits per heavy atom. The lowest BCUT2D eigenvalue weighted by Gasteiger charge is -2.18. The van der Waals surface area contributed by atoms with Gasteiger partial charge in [0.2, 0.25) is 0 Å². The van der Waals surface area contributed by atoms with Gasteiger partial charge in [-0.3, -0.25) is 0 Å². The van der Waals surface area contributed by atoms with E-state index in [0.29, 0.717) is 11.6 Å². The molecule has 0 radical (unpaired) electrons. The van der Waals surface area contributed by atoms with Gasteiger partial charge in [-0.05, 0) is 44.5 Å². The summed E-state index contributed by atoms with van der Waals surface area (Å²) < 4.78 is 26.4. The number of hydrogen-bond acceptors (Lipinski definition) is 1. The minimum absolute atomic E-state index is 0.511. The van der Waals surface area contributed by atoms with Gasteiger partial charge in [0.05, 0.1) is 0 Å². The summed E-state index contributed by atoms with van der Waals surface area (Å²) >= 11 is 0. The molecular formula is C14H16F2N2. The fourth-order valence-corrected chi connectivity index (χ4v) is 2.83. The molecule has 2 aromatic rings. The fourth-order valence-electron chi connectivity index (χ4n) is 2.83. The first kappa shape index (κ1) is 11.7. The summed E-state index contributed by atoms with van der Waals surface area (Å²) in [6, 6.07) is 3.04. The van der Waals surface area contributed by atoms with Crippen LogP contribution in [0.2, 0.25) is 0 Å². The number of aromatic nitrogens is 1. The van der Waals surface area contributed by atoms with Crippen molar-refractivity contribution in [3.05, 3.63) is 35.5 Å². The summed E-state index contributed by atoms with van der Waals surface area (Å²) in [7, 11) is 2.12. The molecule has 0 amide bonds. The summed E-state index contributed by atoms with van der Waals surface area (Å²) in [5.74, 6) is -1.57. The highest BCUT2D eigenvalue weighted by molar-refractivity contribution is 5.83. The van der Waals surface area contributed by atoms with E-state index in [1.165, 1.54) is 25.0 Å². The number of rotatable bonds is 2. The van der Waals surface area contributed by atoms with Gasteiger partial charge in [0.15, 0.2) is 11.6 Å². The third-order valence-electron chi connectivity index (χ3n) is 3.94. The minimum Gasteiger partial charge on any atom is -0.361 e. The lowest BCUT2D eigenvalue weighted by atomic mass is 10.0. The van der Waals surface area contributed by atoms with Gasteiger partial charge in [-0.25, -0.2) is 8.78 Å². The van der Waals surface area contributed by atoms with Gasteiger partial charge < -0.3 is 9.88 Å². The Hall–Kier alpha value is -1.42. The van der Waals surface area contributed by atoms with Gasteiger partial charge in [0.1, 0.15) is 0 Å². The first-order valence-electron chi connectivity index (χ1n) is 6.30. The van der Waals surface area contributed by atoms with E-state index in [9.17, 15) is 8.78 Å². The minimum atomic E-state index is -0.797. The molecule has 1 atom stereocenters. The smallest absolute Gasteiger partial charge is 0.160 e.